The number of nitrogens with zero attached hydrogens (tertiary/aromatic N) is 1. The van der Waals surface area contributed by atoms with Crippen molar-refractivity contribution in [2.24, 2.45) is 5.92 Å². The van der Waals surface area contributed by atoms with Crippen LogP contribution in [0.25, 0.3) is 10.9 Å². The van der Waals surface area contributed by atoms with Crippen molar-refractivity contribution >= 4 is 28.6 Å². The number of fused-ring (bicyclic) bond motifs is 1. The van der Waals surface area contributed by atoms with Gasteiger partial charge in [-0.25, -0.2) is 0 Å². The Hall–Kier alpha value is -3.61. The van der Waals surface area contributed by atoms with Crippen LogP contribution in [0.5, 0.6) is 0 Å². The molecule has 34 heavy (non-hydrogen) atoms. The van der Waals surface area contributed by atoms with E-state index in [0.717, 1.165) is 11.9 Å². The highest BCUT2D eigenvalue weighted by atomic mass is 16.2. The second-order valence-corrected chi connectivity index (χ2v) is 8.79. The van der Waals surface area contributed by atoms with Crippen LogP contribution >= 0.6 is 0 Å². The number of para-hydroxylation sites is 1. The number of carbonyl (C=O) groups is 3. The molecule has 0 radical (unpaired) electrons. The van der Waals surface area contributed by atoms with E-state index >= 15 is 0 Å². The van der Waals surface area contributed by atoms with Crippen molar-refractivity contribution < 1.29 is 14.4 Å². The third-order valence-electron chi connectivity index (χ3n) is 6.45. The van der Waals surface area contributed by atoms with Crippen molar-refractivity contribution in [3.63, 3.8) is 0 Å². The molecule has 3 aromatic rings. The lowest BCUT2D eigenvalue weighted by molar-refractivity contribution is -0.126. The molecule has 0 saturated carbocycles. The Kier molecular flexibility index (Phi) is 7.96. The average molecular weight is 461 g/mol. The first-order chi connectivity index (χ1) is 16.6. The van der Waals surface area contributed by atoms with Gasteiger partial charge in [0, 0.05) is 61.2 Å². The Bertz CT molecular complexity index is 1130. The van der Waals surface area contributed by atoms with Gasteiger partial charge < -0.3 is 20.5 Å². The molecule has 0 aliphatic carbocycles. The fraction of sp³-hybridized carbons (Fsp3) is 0.370. The summed E-state index contributed by atoms with van der Waals surface area (Å²) in [7, 11) is 0. The molecule has 4 rings (SSSR count). The molecule has 0 bridgehead atoms. The molecule has 1 unspecified atom stereocenters. The van der Waals surface area contributed by atoms with Crippen molar-refractivity contribution in [2.45, 2.75) is 32.1 Å². The number of carbonyl (C=O) groups excluding carboxylic acids is 3. The molecule has 1 saturated heterocycles. The molecular formula is C27H32N4O3. The van der Waals surface area contributed by atoms with Crippen LogP contribution in [0.15, 0.2) is 60.8 Å². The fourth-order valence-corrected chi connectivity index (χ4v) is 4.53. The van der Waals surface area contributed by atoms with Gasteiger partial charge in [-0.15, -0.1) is 0 Å². The van der Waals surface area contributed by atoms with Gasteiger partial charge in [0.05, 0.1) is 0 Å². The molecule has 2 heterocycles. The van der Waals surface area contributed by atoms with E-state index in [1.54, 1.807) is 17.0 Å². The summed E-state index contributed by atoms with van der Waals surface area (Å²) < 4.78 is 0. The van der Waals surface area contributed by atoms with Crippen LogP contribution < -0.4 is 10.6 Å². The standard InChI is InChI=1S/C27H32N4O3/c32-25-14-18-31(27(34)21-7-2-1-3-8-21)17-6-9-20(12-15-28-25)26(33)29-16-13-22-19-30-24-11-5-4-10-23(22)24/h1-5,7-8,10-11,19-20,30H,6,9,12-18H2,(H,28,32)(H,29,33). The first-order valence-corrected chi connectivity index (χ1v) is 12.1. The average Bonchev–Trinajstić information content (AvgIpc) is 3.26. The zero-order chi connectivity index (χ0) is 23.8. The molecule has 7 heteroatoms. The third-order valence-corrected chi connectivity index (χ3v) is 6.45. The van der Waals surface area contributed by atoms with E-state index in [4.69, 9.17) is 0 Å². The van der Waals surface area contributed by atoms with E-state index in [9.17, 15) is 14.4 Å². The minimum absolute atomic E-state index is 0.00859. The number of aromatic amines is 1. The molecule has 1 fully saturated rings. The van der Waals surface area contributed by atoms with Gasteiger partial charge in [-0.3, -0.25) is 14.4 Å². The highest BCUT2D eigenvalue weighted by molar-refractivity contribution is 5.94. The van der Waals surface area contributed by atoms with Gasteiger partial charge in [-0.05, 0) is 49.4 Å². The first kappa shape index (κ1) is 23.5. The Morgan fingerprint density at radius 1 is 1.00 bits per heavy atom. The molecule has 178 valence electrons. The molecule has 2 aromatic carbocycles. The number of nitrogens with one attached hydrogen (secondary N) is 3. The van der Waals surface area contributed by atoms with E-state index < -0.39 is 0 Å². The Labute approximate surface area is 199 Å². The maximum absolute atomic E-state index is 12.9. The van der Waals surface area contributed by atoms with Crippen molar-refractivity contribution in [3.8, 4) is 0 Å². The highest BCUT2D eigenvalue weighted by Crippen LogP contribution is 2.18. The predicted octanol–water partition coefficient (Wildman–Crippen LogP) is 3.28. The summed E-state index contributed by atoms with van der Waals surface area (Å²) in [5, 5.41) is 7.16. The largest absolute Gasteiger partial charge is 0.361 e. The van der Waals surface area contributed by atoms with E-state index in [0.29, 0.717) is 51.0 Å². The van der Waals surface area contributed by atoms with Crippen LogP contribution in [0.4, 0.5) is 0 Å². The molecule has 3 N–H and O–H groups in total. The van der Waals surface area contributed by atoms with Gasteiger partial charge in [0.15, 0.2) is 0 Å². The minimum atomic E-state index is -0.199. The summed E-state index contributed by atoms with van der Waals surface area (Å²) in [6.45, 7) is 1.93. The van der Waals surface area contributed by atoms with Gasteiger partial charge in [0.2, 0.25) is 11.8 Å². The summed E-state index contributed by atoms with van der Waals surface area (Å²) >= 11 is 0. The van der Waals surface area contributed by atoms with Crippen LogP contribution in [-0.4, -0.2) is 53.8 Å². The summed E-state index contributed by atoms with van der Waals surface area (Å²) in [4.78, 5) is 43.1. The van der Waals surface area contributed by atoms with Gasteiger partial charge >= 0.3 is 0 Å². The number of amides is 3. The highest BCUT2D eigenvalue weighted by Gasteiger charge is 2.22. The Morgan fingerprint density at radius 2 is 1.79 bits per heavy atom. The second kappa shape index (κ2) is 11.5. The van der Waals surface area contributed by atoms with Gasteiger partial charge in [-0.1, -0.05) is 36.4 Å². The molecule has 1 aromatic heterocycles. The number of H-pyrrole nitrogens is 1. The molecule has 0 spiro atoms. The summed E-state index contributed by atoms with van der Waals surface area (Å²) in [6, 6.07) is 17.3. The Morgan fingerprint density at radius 3 is 2.65 bits per heavy atom. The maximum atomic E-state index is 12.9. The number of hydrogen-bond acceptors (Lipinski definition) is 3. The van der Waals surface area contributed by atoms with Gasteiger partial charge in [0.1, 0.15) is 0 Å². The van der Waals surface area contributed by atoms with E-state index in [1.807, 2.05) is 42.6 Å². The maximum Gasteiger partial charge on any atom is 0.253 e. The lowest BCUT2D eigenvalue weighted by Gasteiger charge is -2.23. The smallest absolute Gasteiger partial charge is 0.253 e. The molecule has 1 aliphatic rings. The van der Waals surface area contributed by atoms with Crippen molar-refractivity contribution in [1.82, 2.24) is 20.5 Å². The molecule has 1 atom stereocenters. The van der Waals surface area contributed by atoms with Gasteiger partial charge in [-0.2, -0.15) is 0 Å². The van der Waals surface area contributed by atoms with Crippen LogP contribution in [0, 0.1) is 5.92 Å². The number of benzene rings is 2. The number of hydrogen-bond donors (Lipinski definition) is 3. The zero-order valence-corrected chi connectivity index (χ0v) is 19.4. The summed E-state index contributed by atoms with van der Waals surface area (Å²) in [6.07, 6.45) is 4.99. The van der Waals surface area contributed by atoms with Crippen LogP contribution in [0.3, 0.4) is 0 Å². The van der Waals surface area contributed by atoms with Crippen LogP contribution in [0.1, 0.15) is 41.6 Å². The van der Waals surface area contributed by atoms with Gasteiger partial charge in [0.25, 0.3) is 5.91 Å². The lowest BCUT2D eigenvalue weighted by atomic mass is 9.97. The monoisotopic (exact) mass is 460 g/mol. The summed E-state index contributed by atoms with van der Waals surface area (Å²) in [5.74, 6) is -0.358. The fourth-order valence-electron chi connectivity index (χ4n) is 4.53. The number of rotatable bonds is 5. The second-order valence-electron chi connectivity index (χ2n) is 8.79. The minimum Gasteiger partial charge on any atom is -0.361 e. The SMILES string of the molecule is O=C1CCN(C(=O)c2ccccc2)CCCC(C(=O)NCCc2c[nH]c3ccccc23)CCN1. The van der Waals surface area contributed by atoms with Crippen LogP contribution in [-0.2, 0) is 16.0 Å². The third kappa shape index (κ3) is 6.04. The molecule has 7 nitrogen and oxygen atoms in total. The van der Waals surface area contributed by atoms with E-state index in [1.165, 1.54) is 10.9 Å². The normalized spacial score (nSPS) is 17.6. The van der Waals surface area contributed by atoms with E-state index in [-0.39, 0.29) is 30.1 Å². The molecule has 1 aliphatic heterocycles. The molecular weight excluding hydrogens is 428 g/mol. The molecule has 3 amide bonds. The Balaban J connectivity index is 1.33. The first-order valence-electron chi connectivity index (χ1n) is 12.1. The van der Waals surface area contributed by atoms with E-state index in [2.05, 4.69) is 21.7 Å². The lowest BCUT2D eigenvalue weighted by Crippen LogP contribution is -2.35. The van der Waals surface area contributed by atoms with Crippen LogP contribution in [0.2, 0.25) is 0 Å². The topological polar surface area (TPSA) is 94.3 Å². The van der Waals surface area contributed by atoms with Crippen molar-refractivity contribution in [3.05, 3.63) is 71.9 Å². The van der Waals surface area contributed by atoms with Crippen molar-refractivity contribution in [2.75, 3.05) is 26.2 Å². The quantitative estimate of drug-likeness (QED) is 0.545. The predicted molar refractivity (Wildman–Crippen MR) is 132 cm³/mol. The number of aromatic nitrogens is 1. The van der Waals surface area contributed by atoms with Crippen molar-refractivity contribution in [1.29, 1.82) is 0 Å². The zero-order valence-electron chi connectivity index (χ0n) is 19.4. The summed E-state index contributed by atoms with van der Waals surface area (Å²) in [5.41, 5.74) is 2.89.